The van der Waals surface area contributed by atoms with E-state index in [0.717, 1.165) is 46.2 Å². The summed E-state index contributed by atoms with van der Waals surface area (Å²) in [5, 5.41) is 9.96. The fourth-order valence-corrected chi connectivity index (χ4v) is 11.4. The van der Waals surface area contributed by atoms with E-state index in [2.05, 4.69) is 116 Å². The SMILES string of the molecule is Cc1cccc2c3cc4c5cccc(C)c5c5nc6c7oc8ccc(C(C)(C)C)cc8c7cc7c6n5c4c4c3n3c(nc5c6c(cc(c53)B47)CCCC6)c12. The number of furan rings is 1. The molecular formula is C48H35BN4O. The van der Waals surface area contributed by atoms with Crippen LogP contribution in [0.25, 0.3) is 98.7 Å². The molecule has 0 amide bonds. The summed E-state index contributed by atoms with van der Waals surface area (Å²) in [5.74, 6) is 0. The Morgan fingerprint density at radius 3 is 1.98 bits per heavy atom. The summed E-state index contributed by atoms with van der Waals surface area (Å²) in [6, 6.07) is 28.0. The standard InChI is InChI=1S/C48H35BN4O/c1-22-10-8-14-27-30-20-31-28-15-9-11-23(2)37(28)47-51-40-44-34(21-32-29-19-25(48(3,4)5)16-17-35(29)54-45(32)40)49-33-18-24-12-6-7-13-26(24)39-43(33)52(46(50-39)36(22)27)41(30)38(49)42(31)53(44)47/h8-11,14-21H,6-7,12-13H2,1-5H3. The molecule has 0 saturated carbocycles. The molecule has 2 aliphatic heterocycles. The first-order valence-electron chi connectivity index (χ1n) is 19.7. The first-order valence-corrected chi connectivity index (χ1v) is 19.7. The molecule has 54 heavy (non-hydrogen) atoms. The van der Waals surface area contributed by atoms with Gasteiger partial charge in [0.2, 0.25) is 0 Å². The van der Waals surface area contributed by atoms with Crippen LogP contribution < -0.4 is 16.4 Å². The molecule has 0 radical (unpaired) electrons. The van der Waals surface area contributed by atoms with Crippen LogP contribution in [0.15, 0.2) is 77.2 Å². The minimum atomic E-state index is 0.0160. The second-order valence-electron chi connectivity index (χ2n) is 17.7. The van der Waals surface area contributed by atoms with Gasteiger partial charge < -0.3 is 4.42 Å². The summed E-state index contributed by atoms with van der Waals surface area (Å²) in [4.78, 5) is 11.4. The largest absolute Gasteiger partial charge is 0.454 e. The molecular weight excluding hydrogens is 659 g/mol. The van der Waals surface area contributed by atoms with Crippen LogP contribution in [-0.4, -0.2) is 25.5 Å². The Morgan fingerprint density at radius 2 is 1.28 bits per heavy atom. The molecule has 5 aromatic heterocycles. The lowest BCUT2D eigenvalue weighted by Gasteiger charge is -2.31. The maximum atomic E-state index is 6.88. The van der Waals surface area contributed by atoms with Crippen molar-refractivity contribution >= 4 is 122 Å². The van der Waals surface area contributed by atoms with Crippen molar-refractivity contribution in [2.75, 3.05) is 0 Å². The van der Waals surface area contributed by atoms with E-state index in [-0.39, 0.29) is 12.1 Å². The number of hydrogen-bond acceptors (Lipinski definition) is 3. The normalized spacial score (nSPS) is 15.2. The molecule has 5 nitrogen and oxygen atoms in total. The number of aryl methyl sites for hydroxylation is 4. The highest BCUT2D eigenvalue weighted by Gasteiger charge is 2.42. The van der Waals surface area contributed by atoms with E-state index in [4.69, 9.17) is 14.4 Å². The first kappa shape index (κ1) is 28.6. The van der Waals surface area contributed by atoms with Crippen molar-refractivity contribution < 1.29 is 4.42 Å². The number of hydrogen-bond donors (Lipinski definition) is 0. The van der Waals surface area contributed by atoms with Gasteiger partial charge in [-0.2, -0.15) is 0 Å². The Kier molecular flexibility index (Phi) is 4.72. The highest BCUT2D eigenvalue weighted by Crippen LogP contribution is 2.45. The highest BCUT2D eigenvalue weighted by molar-refractivity contribution is 7.01. The van der Waals surface area contributed by atoms with Crippen molar-refractivity contribution in [2.24, 2.45) is 0 Å². The van der Waals surface area contributed by atoms with E-state index in [9.17, 15) is 0 Å². The third-order valence-corrected chi connectivity index (χ3v) is 13.8. The molecule has 6 heteroatoms. The lowest BCUT2D eigenvalue weighted by molar-refractivity contribution is 0.590. The third-order valence-electron chi connectivity index (χ3n) is 13.8. The lowest BCUT2D eigenvalue weighted by atomic mass is 9.34. The minimum absolute atomic E-state index is 0.0160. The van der Waals surface area contributed by atoms with Crippen LogP contribution >= 0.6 is 0 Å². The fourth-order valence-electron chi connectivity index (χ4n) is 11.4. The Labute approximate surface area is 310 Å². The quantitative estimate of drug-likeness (QED) is 0.0903. The van der Waals surface area contributed by atoms with Gasteiger partial charge in [0.25, 0.3) is 6.71 Å². The second kappa shape index (κ2) is 8.90. The number of pyridine rings is 2. The summed E-state index contributed by atoms with van der Waals surface area (Å²) in [5.41, 5.74) is 22.1. The zero-order valence-corrected chi connectivity index (χ0v) is 31.0. The van der Waals surface area contributed by atoms with Gasteiger partial charge in [0.15, 0.2) is 5.58 Å². The van der Waals surface area contributed by atoms with E-state index in [1.165, 1.54) is 122 Å². The van der Waals surface area contributed by atoms with E-state index in [1.807, 2.05) is 0 Å². The van der Waals surface area contributed by atoms with E-state index in [1.54, 1.807) is 0 Å². The van der Waals surface area contributed by atoms with Crippen molar-refractivity contribution in [1.82, 2.24) is 18.8 Å². The maximum Gasteiger partial charge on any atom is 0.252 e. The van der Waals surface area contributed by atoms with Crippen molar-refractivity contribution in [2.45, 2.75) is 65.7 Å². The van der Waals surface area contributed by atoms with Crippen molar-refractivity contribution in [1.29, 1.82) is 0 Å². The van der Waals surface area contributed by atoms with Gasteiger partial charge in [-0.3, -0.25) is 8.80 Å². The van der Waals surface area contributed by atoms with Gasteiger partial charge in [-0.15, -0.1) is 0 Å². The van der Waals surface area contributed by atoms with Crippen LogP contribution in [0.4, 0.5) is 0 Å². The number of imidazole rings is 2. The summed E-state index contributed by atoms with van der Waals surface area (Å²) in [6.45, 7) is 11.4. The smallest absolute Gasteiger partial charge is 0.252 e. The predicted octanol–water partition coefficient (Wildman–Crippen LogP) is 9.74. The average molecular weight is 695 g/mol. The average Bonchev–Trinajstić information content (AvgIpc) is 3.87. The molecule has 0 unspecified atom stereocenters. The number of fused-ring (bicyclic) bond motifs is 14. The molecule has 256 valence electrons. The molecule has 7 heterocycles. The minimum Gasteiger partial charge on any atom is -0.454 e. The molecule has 6 aromatic carbocycles. The van der Waals surface area contributed by atoms with E-state index < -0.39 is 0 Å². The Balaban J connectivity index is 1.32. The molecule has 0 atom stereocenters. The summed E-state index contributed by atoms with van der Waals surface area (Å²) in [7, 11) is 0. The van der Waals surface area contributed by atoms with Gasteiger partial charge in [-0.05, 0) is 118 Å². The number of benzene rings is 6. The van der Waals surface area contributed by atoms with Crippen molar-refractivity contribution in [3.63, 3.8) is 0 Å². The number of nitrogens with zero attached hydrogens (tertiary/aromatic N) is 4. The van der Waals surface area contributed by atoms with Gasteiger partial charge in [-0.25, -0.2) is 9.97 Å². The molecule has 0 bridgehead atoms. The van der Waals surface area contributed by atoms with E-state index in [0.29, 0.717) is 0 Å². The lowest BCUT2D eigenvalue weighted by Crippen LogP contribution is -2.57. The Hall–Kier alpha value is -5.88. The zero-order chi connectivity index (χ0) is 35.7. The summed E-state index contributed by atoms with van der Waals surface area (Å²) >= 11 is 0. The zero-order valence-electron chi connectivity index (χ0n) is 31.0. The number of rotatable bonds is 0. The maximum absolute atomic E-state index is 6.88. The number of aromatic nitrogens is 4. The van der Waals surface area contributed by atoms with Crippen molar-refractivity contribution in [3.05, 3.63) is 101 Å². The fraction of sp³-hybridized carbons (Fsp3) is 0.208. The highest BCUT2D eigenvalue weighted by atomic mass is 16.3. The molecule has 0 saturated heterocycles. The molecule has 0 N–H and O–H groups in total. The topological polar surface area (TPSA) is 47.7 Å². The van der Waals surface area contributed by atoms with Gasteiger partial charge in [0.1, 0.15) is 22.4 Å². The van der Waals surface area contributed by atoms with Crippen LogP contribution in [0.3, 0.4) is 0 Å². The summed E-state index contributed by atoms with van der Waals surface area (Å²) < 4.78 is 12.0. The molecule has 0 spiro atoms. The molecule has 1 aliphatic carbocycles. The van der Waals surface area contributed by atoms with Crippen LogP contribution in [-0.2, 0) is 18.3 Å². The predicted molar refractivity (Wildman–Crippen MR) is 226 cm³/mol. The van der Waals surface area contributed by atoms with Gasteiger partial charge in [-0.1, -0.05) is 75.4 Å². The molecule has 11 aromatic rings. The van der Waals surface area contributed by atoms with Gasteiger partial charge >= 0.3 is 0 Å². The monoisotopic (exact) mass is 694 g/mol. The van der Waals surface area contributed by atoms with Crippen LogP contribution in [0.2, 0.25) is 0 Å². The van der Waals surface area contributed by atoms with Crippen LogP contribution in [0.1, 0.15) is 61.4 Å². The van der Waals surface area contributed by atoms with Crippen LogP contribution in [0, 0.1) is 13.8 Å². The molecule has 0 fully saturated rings. The molecule has 14 rings (SSSR count). The first-order chi connectivity index (χ1) is 26.3. The van der Waals surface area contributed by atoms with Crippen molar-refractivity contribution in [3.8, 4) is 0 Å². The Bertz CT molecular complexity index is 3680. The van der Waals surface area contributed by atoms with E-state index >= 15 is 0 Å². The summed E-state index contributed by atoms with van der Waals surface area (Å²) in [6.07, 6.45) is 4.66. The van der Waals surface area contributed by atoms with Crippen LogP contribution in [0.5, 0.6) is 0 Å². The second-order valence-corrected chi connectivity index (χ2v) is 17.7. The molecule has 3 aliphatic rings. The Morgan fingerprint density at radius 1 is 0.630 bits per heavy atom. The van der Waals surface area contributed by atoms with Gasteiger partial charge in [0, 0.05) is 32.3 Å². The van der Waals surface area contributed by atoms with Gasteiger partial charge in [0.05, 0.1) is 27.6 Å². The third kappa shape index (κ3) is 3.03.